The van der Waals surface area contributed by atoms with E-state index in [0.29, 0.717) is 17.0 Å². The molecule has 1 N–H and O–H groups in total. The van der Waals surface area contributed by atoms with Crippen molar-refractivity contribution in [2.45, 2.75) is 13.0 Å². The maximum Gasteiger partial charge on any atom is 0.259 e. The van der Waals surface area contributed by atoms with Gasteiger partial charge in [0.2, 0.25) is 0 Å². The van der Waals surface area contributed by atoms with E-state index in [-0.39, 0.29) is 12.0 Å². The first-order chi connectivity index (χ1) is 14.7. The molecular formula is C26H22N2O2. The van der Waals surface area contributed by atoms with Crippen LogP contribution in [0.2, 0.25) is 0 Å². The first-order valence-corrected chi connectivity index (χ1v) is 9.79. The highest BCUT2D eigenvalue weighted by molar-refractivity contribution is 6.06. The molecule has 1 amide bonds. The number of carbonyl (C=O) groups is 1. The molecular weight excluding hydrogens is 372 g/mol. The topological polar surface area (TPSA) is 51.2 Å². The van der Waals surface area contributed by atoms with Crippen molar-refractivity contribution in [1.82, 2.24) is 4.98 Å². The van der Waals surface area contributed by atoms with Gasteiger partial charge < -0.3 is 10.1 Å². The van der Waals surface area contributed by atoms with Gasteiger partial charge in [-0.15, -0.1) is 0 Å². The van der Waals surface area contributed by atoms with Crippen LogP contribution < -0.4 is 10.1 Å². The molecule has 4 rings (SSSR count). The highest BCUT2D eigenvalue weighted by Gasteiger charge is 2.20. The molecule has 1 aromatic heterocycles. The normalized spacial score (nSPS) is 11.5. The van der Waals surface area contributed by atoms with Gasteiger partial charge in [0.15, 0.2) is 0 Å². The molecule has 0 saturated heterocycles. The average molecular weight is 394 g/mol. The fraction of sp³-hybridized carbons (Fsp3) is 0.0769. The molecule has 0 aliphatic carbocycles. The fourth-order valence-electron chi connectivity index (χ4n) is 3.22. The lowest BCUT2D eigenvalue weighted by Crippen LogP contribution is -2.16. The molecule has 30 heavy (non-hydrogen) atoms. The Morgan fingerprint density at radius 1 is 0.833 bits per heavy atom. The van der Waals surface area contributed by atoms with Gasteiger partial charge in [0.05, 0.1) is 17.4 Å². The van der Waals surface area contributed by atoms with E-state index in [2.05, 4.69) is 41.5 Å². The van der Waals surface area contributed by atoms with E-state index < -0.39 is 0 Å². The Morgan fingerprint density at radius 2 is 1.53 bits per heavy atom. The number of aryl methyl sites for hydroxylation is 1. The summed E-state index contributed by atoms with van der Waals surface area (Å²) in [5.74, 6) is 0.280. The molecule has 0 aliphatic rings. The standard InChI is InChI=1S/C26H22N2O2/c1-19-13-15-21(16-14-19)25(20-8-3-2-4-9-20)30-24-12-6-5-11-23(24)26(29)28-22-10-7-17-27-18-22/h2-18,25H,1H3,(H,28,29). The monoisotopic (exact) mass is 394 g/mol. The maximum absolute atomic E-state index is 12.9. The van der Waals surface area contributed by atoms with E-state index in [9.17, 15) is 4.79 Å². The van der Waals surface area contributed by atoms with Crippen LogP contribution in [0.3, 0.4) is 0 Å². The third kappa shape index (κ3) is 4.55. The third-order valence-electron chi connectivity index (χ3n) is 4.78. The molecule has 1 atom stereocenters. The van der Waals surface area contributed by atoms with Gasteiger partial charge >= 0.3 is 0 Å². The van der Waals surface area contributed by atoms with Crippen LogP contribution in [-0.2, 0) is 0 Å². The van der Waals surface area contributed by atoms with Crippen LogP contribution in [0.25, 0.3) is 0 Å². The molecule has 4 aromatic rings. The Morgan fingerprint density at radius 3 is 2.27 bits per heavy atom. The van der Waals surface area contributed by atoms with E-state index in [4.69, 9.17) is 4.74 Å². The summed E-state index contributed by atoms with van der Waals surface area (Å²) in [5.41, 5.74) is 4.32. The molecule has 0 radical (unpaired) electrons. The van der Waals surface area contributed by atoms with Crippen molar-refractivity contribution in [2.24, 2.45) is 0 Å². The van der Waals surface area contributed by atoms with Crippen LogP contribution in [-0.4, -0.2) is 10.9 Å². The Bertz CT molecular complexity index is 1110. The second-order valence-electron chi connectivity index (χ2n) is 7.01. The second kappa shape index (κ2) is 9.05. The van der Waals surface area contributed by atoms with Crippen LogP contribution in [0.4, 0.5) is 5.69 Å². The van der Waals surface area contributed by atoms with Gasteiger partial charge in [-0.2, -0.15) is 0 Å². The number of nitrogens with zero attached hydrogens (tertiary/aromatic N) is 1. The molecule has 1 heterocycles. The van der Waals surface area contributed by atoms with Gasteiger partial charge in [0.25, 0.3) is 5.91 Å². The first kappa shape index (κ1) is 19.4. The van der Waals surface area contributed by atoms with Crippen molar-refractivity contribution in [3.63, 3.8) is 0 Å². The zero-order chi connectivity index (χ0) is 20.8. The van der Waals surface area contributed by atoms with Gasteiger partial charge in [-0.05, 0) is 42.3 Å². The summed E-state index contributed by atoms with van der Waals surface area (Å²) in [6, 6.07) is 29.1. The molecule has 0 bridgehead atoms. The van der Waals surface area contributed by atoms with Gasteiger partial charge in [0, 0.05) is 6.20 Å². The number of rotatable bonds is 6. The number of carbonyl (C=O) groups excluding carboxylic acids is 1. The number of ether oxygens (including phenoxy) is 1. The van der Waals surface area contributed by atoms with E-state index in [1.54, 1.807) is 30.6 Å². The average Bonchev–Trinajstić information content (AvgIpc) is 2.80. The molecule has 0 fully saturated rings. The van der Waals surface area contributed by atoms with Crippen LogP contribution >= 0.6 is 0 Å². The molecule has 0 aliphatic heterocycles. The molecule has 0 saturated carbocycles. The van der Waals surface area contributed by atoms with Gasteiger partial charge in [-0.3, -0.25) is 9.78 Å². The number of para-hydroxylation sites is 1. The number of amides is 1. The summed E-state index contributed by atoms with van der Waals surface area (Å²) in [5, 5.41) is 2.88. The Kier molecular flexibility index (Phi) is 5.85. The summed E-state index contributed by atoms with van der Waals surface area (Å²) in [4.78, 5) is 17.0. The Labute approximate surface area is 176 Å². The first-order valence-electron chi connectivity index (χ1n) is 9.79. The number of nitrogens with one attached hydrogen (secondary N) is 1. The largest absolute Gasteiger partial charge is 0.480 e. The van der Waals surface area contributed by atoms with Crippen molar-refractivity contribution in [3.8, 4) is 5.75 Å². The van der Waals surface area contributed by atoms with Gasteiger partial charge in [-0.25, -0.2) is 0 Å². The second-order valence-corrected chi connectivity index (χ2v) is 7.01. The van der Waals surface area contributed by atoms with Crippen molar-refractivity contribution in [3.05, 3.63) is 126 Å². The number of aromatic nitrogens is 1. The van der Waals surface area contributed by atoms with Crippen molar-refractivity contribution >= 4 is 11.6 Å². The predicted molar refractivity (Wildman–Crippen MR) is 119 cm³/mol. The van der Waals surface area contributed by atoms with Crippen LogP contribution in [0.15, 0.2) is 103 Å². The lowest BCUT2D eigenvalue weighted by Gasteiger charge is -2.22. The SMILES string of the molecule is Cc1ccc(C(Oc2ccccc2C(=O)Nc2cccnc2)c2ccccc2)cc1. The van der Waals surface area contributed by atoms with Gasteiger partial charge in [0.1, 0.15) is 11.9 Å². The van der Waals surface area contributed by atoms with E-state index >= 15 is 0 Å². The van der Waals surface area contributed by atoms with Crippen LogP contribution in [0.5, 0.6) is 5.75 Å². The number of hydrogen-bond donors (Lipinski definition) is 1. The molecule has 3 aromatic carbocycles. The predicted octanol–water partition coefficient (Wildman–Crippen LogP) is 5.81. The lowest BCUT2D eigenvalue weighted by atomic mass is 10.00. The van der Waals surface area contributed by atoms with Gasteiger partial charge in [-0.1, -0.05) is 72.3 Å². The highest BCUT2D eigenvalue weighted by Crippen LogP contribution is 2.31. The summed E-state index contributed by atoms with van der Waals surface area (Å²) in [6.45, 7) is 2.06. The molecule has 148 valence electrons. The minimum atomic E-state index is -0.334. The van der Waals surface area contributed by atoms with E-state index in [1.807, 2.05) is 48.5 Å². The minimum absolute atomic E-state index is 0.241. The number of pyridine rings is 1. The quantitative estimate of drug-likeness (QED) is 0.449. The highest BCUT2D eigenvalue weighted by atomic mass is 16.5. The zero-order valence-electron chi connectivity index (χ0n) is 16.7. The molecule has 4 nitrogen and oxygen atoms in total. The number of anilines is 1. The summed E-state index contributed by atoms with van der Waals surface area (Å²) < 4.78 is 6.44. The van der Waals surface area contributed by atoms with E-state index in [0.717, 1.165) is 11.1 Å². The van der Waals surface area contributed by atoms with Crippen molar-refractivity contribution in [2.75, 3.05) is 5.32 Å². The van der Waals surface area contributed by atoms with Crippen molar-refractivity contribution in [1.29, 1.82) is 0 Å². The zero-order valence-corrected chi connectivity index (χ0v) is 16.7. The van der Waals surface area contributed by atoms with Crippen molar-refractivity contribution < 1.29 is 9.53 Å². The van der Waals surface area contributed by atoms with Crippen LogP contribution in [0, 0.1) is 6.92 Å². The summed E-state index contributed by atoms with van der Waals surface area (Å²) in [6.07, 6.45) is 2.94. The van der Waals surface area contributed by atoms with E-state index in [1.165, 1.54) is 5.56 Å². The molecule has 4 heteroatoms. The third-order valence-corrected chi connectivity index (χ3v) is 4.78. The number of hydrogen-bond acceptors (Lipinski definition) is 3. The lowest BCUT2D eigenvalue weighted by molar-refractivity contribution is 0.102. The maximum atomic E-state index is 12.9. The Balaban J connectivity index is 1.67. The number of benzene rings is 3. The minimum Gasteiger partial charge on any atom is -0.480 e. The Hall–Kier alpha value is -3.92. The summed E-state index contributed by atoms with van der Waals surface area (Å²) in [7, 11) is 0. The smallest absolute Gasteiger partial charge is 0.259 e. The fourth-order valence-corrected chi connectivity index (χ4v) is 3.22. The van der Waals surface area contributed by atoms with Crippen LogP contribution in [0.1, 0.15) is 33.2 Å². The summed E-state index contributed by atoms with van der Waals surface area (Å²) >= 11 is 0. The molecule has 1 unspecified atom stereocenters. The molecule has 0 spiro atoms.